The van der Waals surface area contributed by atoms with E-state index in [0.29, 0.717) is 49.8 Å². The van der Waals surface area contributed by atoms with Gasteiger partial charge in [0.05, 0.1) is 12.5 Å². The van der Waals surface area contributed by atoms with Crippen LogP contribution in [0.1, 0.15) is 32.3 Å². The Kier molecular flexibility index (Phi) is 8.32. The second-order valence-corrected chi connectivity index (χ2v) is 7.76. The molecule has 0 radical (unpaired) electrons. The van der Waals surface area contributed by atoms with Crippen molar-refractivity contribution in [1.29, 1.82) is 0 Å². The highest BCUT2D eigenvalue weighted by Crippen LogP contribution is 2.37. The molecule has 2 aromatic carbocycles. The van der Waals surface area contributed by atoms with Gasteiger partial charge in [-0.15, -0.1) is 0 Å². The number of carbonyl (C=O) groups excluding carboxylic acids is 1. The number of hydrogen-bond acceptors (Lipinski definition) is 5. The highest BCUT2D eigenvalue weighted by Gasteiger charge is 2.41. The van der Waals surface area contributed by atoms with Crippen molar-refractivity contribution in [2.45, 2.75) is 32.1 Å². The minimum Gasteiger partial charge on any atom is -0.493 e. The van der Waals surface area contributed by atoms with Crippen LogP contribution in [0.15, 0.2) is 48.5 Å². The number of ether oxygens (including phenoxy) is 3. The molecule has 3 rings (SSSR count). The van der Waals surface area contributed by atoms with Crippen molar-refractivity contribution in [2.24, 2.45) is 0 Å². The van der Waals surface area contributed by atoms with Crippen molar-refractivity contribution in [3.05, 3.63) is 54.1 Å². The van der Waals surface area contributed by atoms with Gasteiger partial charge in [0.1, 0.15) is 6.61 Å². The van der Waals surface area contributed by atoms with Crippen LogP contribution >= 0.6 is 0 Å². The third-order valence-corrected chi connectivity index (χ3v) is 6.09. The molecule has 1 aliphatic rings. The monoisotopic (exact) mass is 426 g/mol. The largest absolute Gasteiger partial charge is 0.493 e. The standard InChI is InChI=1S/C25H34N2O4/c1-4-27(5-2)15-18-31-23-19-21(11-12-22(23)29-3)26-24(28)25(13-16-30-17-14-25)20-9-7-6-8-10-20/h6-12,19H,4-5,13-18H2,1-3H3,(H,26,28). The first-order valence-corrected chi connectivity index (χ1v) is 11.1. The summed E-state index contributed by atoms with van der Waals surface area (Å²) in [7, 11) is 1.62. The van der Waals surface area contributed by atoms with Crippen molar-refractivity contribution in [1.82, 2.24) is 4.90 Å². The van der Waals surface area contributed by atoms with Gasteiger partial charge in [-0.1, -0.05) is 44.2 Å². The predicted octanol–water partition coefficient (Wildman–Crippen LogP) is 4.10. The van der Waals surface area contributed by atoms with E-state index >= 15 is 0 Å². The first-order chi connectivity index (χ1) is 15.1. The van der Waals surface area contributed by atoms with Crippen LogP contribution in [0.4, 0.5) is 5.69 Å². The molecule has 0 bridgehead atoms. The molecule has 1 amide bonds. The number of amides is 1. The maximum Gasteiger partial charge on any atom is 0.235 e. The van der Waals surface area contributed by atoms with Crippen LogP contribution in [0.3, 0.4) is 0 Å². The summed E-state index contributed by atoms with van der Waals surface area (Å²) in [5.41, 5.74) is 1.13. The molecule has 31 heavy (non-hydrogen) atoms. The van der Waals surface area contributed by atoms with E-state index in [4.69, 9.17) is 14.2 Å². The third kappa shape index (κ3) is 5.57. The molecule has 1 saturated heterocycles. The number of benzene rings is 2. The average Bonchev–Trinajstić information content (AvgIpc) is 2.83. The summed E-state index contributed by atoms with van der Waals surface area (Å²) in [5, 5.41) is 3.12. The molecule has 1 heterocycles. The lowest BCUT2D eigenvalue weighted by molar-refractivity contribution is -0.125. The second kappa shape index (κ2) is 11.2. The highest BCUT2D eigenvalue weighted by molar-refractivity contribution is 5.99. The summed E-state index contributed by atoms with van der Waals surface area (Å²) in [6.07, 6.45) is 1.32. The van der Waals surface area contributed by atoms with Gasteiger partial charge in [0.2, 0.25) is 5.91 Å². The van der Waals surface area contributed by atoms with Crippen molar-refractivity contribution in [3.8, 4) is 11.5 Å². The molecule has 1 aliphatic heterocycles. The van der Waals surface area contributed by atoms with E-state index < -0.39 is 5.41 Å². The van der Waals surface area contributed by atoms with E-state index in [2.05, 4.69) is 24.1 Å². The smallest absolute Gasteiger partial charge is 0.235 e. The number of methoxy groups -OCH3 is 1. The Morgan fingerprint density at radius 3 is 2.42 bits per heavy atom. The Balaban J connectivity index is 1.76. The third-order valence-electron chi connectivity index (χ3n) is 6.09. The molecule has 2 aromatic rings. The number of hydrogen-bond donors (Lipinski definition) is 1. The van der Waals surface area contributed by atoms with Crippen LogP contribution in [0.25, 0.3) is 0 Å². The molecular formula is C25H34N2O4. The lowest BCUT2D eigenvalue weighted by Gasteiger charge is -2.36. The van der Waals surface area contributed by atoms with Gasteiger partial charge in [0, 0.05) is 31.5 Å². The van der Waals surface area contributed by atoms with E-state index in [1.165, 1.54) is 0 Å². The fraction of sp³-hybridized carbons (Fsp3) is 0.480. The van der Waals surface area contributed by atoms with Crippen LogP contribution in [-0.2, 0) is 14.9 Å². The SMILES string of the molecule is CCN(CC)CCOc1cc(NC(=O)C2(c3ccccc3)CCOCC2)ccc1OC. The summed E-state index contributed by atoms with van der Waals surface area (Å²) in [4.78, 5) is 15.8. The first kappa shape index (κ1) is 23.1. The topological polar surface area (TPSA) is 60.0 Å². The number of likely N-dealkylation sites (N-methyl/N-ethyl adjacent to an activating group) is 1. The van der Waals surface area contributed by atoms with E-state index in [1.807, 2.05) is 48.5 Å². The Hall–Kier alpha value is -2.57. The minimum absolute atomic E-state index is 0.0127. The zero-order chi connectivity index (χ0) is 22.1. The Morgan fingerprint density at radius 2 is 1.77 bits per heavy atom. The predicted molar refractivity (Wildman–Crippen MR) is 123 cm³/mol. The molecular weight excluding hydrogens is 392 g/mol. The zero-order valence-corrected chi connectivity index (χ0v) is 18.9. The Bertz CT molecular complexity index is 831. The van der Waals surface area contributed by atoms with Gasteiger partial charge in [0.15, 0.2) is 11.5 Å². The molecule has 6 nitrogen and oxygen atoms in total. The van der Waals surface area contributed by atoms with Crippen LogP contribution in [0.5, 0.6) is 11.5 Å². The van der Waals surface area contributed by atoms with Crippen LogP contribution in [-0.4, -0.2) is 57.4 Å². The molecule has 0 saturated carbocycles. The van der Waals surface area contributed by atoms with Gasteiger partial charge in [0.25, 0.3) is 0 Å². The summed E-state index contributed by atoms with van der Waals surface area (Å²) < 4.78 is 17.0. The molecule has 0 atom stereocenters. The fourth-order valence-electron chi connectivity index (χ4n) is 4.07. The van der Waals surface area contributed by atoms with Gasteiger partial charge in [-0.3, -0.25) is 4.79 Å². The average molecular weight is 427 g/mol. The van der Waals surface area contributed by atoms with Gasteiger partial charge in [-0.25, -0.2) is 0 Å². The molecule has 6 heteroatoms. The molecule has 1 N–H and O–H groups in total. The molecule has 0 spiro atoms. The highest BCUT2D eigenvalue weighted by atomic mass is 16.5. The van der Waals surface area contributed by atoms with Gasteiger partial charge in [-0.2, -0.15) is 0 Å². The lowest BCUT2D eigenvalue weighted by Crippen LogP contribution is -2.44. The molecule has 0 unspecified atom stereocenters. The van der Waals surface area contributed by atoms with Crippen LogP contribution in [0.2, 0.25) is 0 Å². The number of nitrogens with zero attached hydrogens (tertiary/aromatic N) is 1. The van der Waals surface area contributed by atoms with Crippen molar-refractivity contribution < 1.29 is 19.0 Å². The van der Waals surface area contributed by atoms with Gasteiger partial charge in [-0.05, 0) is 43.6 Å². The fourth-order valence-corrected chi connectivity index (χ4v) is 4.07. The summed E-state index contributed by atoms with van der Waals surface area (Å²) in [6, 6.07) is 15.5. The van der Waals surface area contributed by atoms with Crippen molar-refractivity contribution >= 4 is 11.6 Å². The Labute approximate surface area is 185 Å². The van der Waals surface area contributed by atoms with E-state index in [9.17, 15) is 4.79 Å². The second-order valence-electron chi connectivity index (χ2n) is 7.76. The number of nitrogens with one attached hydrogen (secondary N) is 1. The normalized spacial score (nSPS) is 15.5. The molecule has 1 fully saturated rings. The molecule has 0 aliphatic carbocycles. The lowest BCUT2D eigenvalue weighted by atomic mass is 9.73. The van der Waals surface area contributed by atoms with Crippen LogP contribution < -0.4 is 14.8 Å². The van der Waals surface area contributed by atoms with Crippen molar-refractivity contribution in [3.63, 3.8) is 0 Å². The number of rotatable bonds is 10. The molecule has 168 valence electrons. The van der Waals surface area contributed by atoms with Gasteiger partial charge >= 0.3 is 0 Å². The van der Waals surface area contributed by atoms with Crippen LogP contribution in [0, 0.1) is 0 Å². The summed E-state index contributed by atoms with van der Waals surface area (Å²) >= 11 is 0. The number of carbonyl (C=O) groups is 1. The van der Waals surface area contributed by atoms with E-state index in [1.54, 1.807) is 7.11 Å². The minimum atomic E-state index is -0.594. The maximum atomic E-state index is 13.5. The maximum absolute atomic E-state index is 13.5. The van der Waals surface area contributed by atoms with Crippen molar-refractivity contribution in [2.75, 3.05) is 51.9 Å². The summed E-state index contributed by atoms with van der Waals surface area (Å²) in [5.74, 6) is 1.27. The summed E-state index contributed by atoms with van der Waals surface area (Å²) in [6.45, 7) is 8.79. The quantitative estimate of drug-likeness (QED) is 0.620. The number of anilines is 1. The zero-order valence-electron chi connectivity index (χ0n) is 18.9. The van der Waals surface area contributed by atoms with E-state index in [-0.39, 0.29) is 5.91 Å². The first-order valence-electron chi connectivity index (χ1n) is 11.1. The van der Waals surface area contributed by atoms with Gasteiger partial charge < -0.3 is 24.4 Å². The Morgan fingerprint density at radius 1 is 1.06 bits per heavy atom. The van der Waals surface area contributed by atoms with E-state index in [0.717, 1.165) is 25.2 Å². The molecule has 0 aromatic heterocycles.